The van der Waals surface area contributed by atoms with Crippen molar-refractivity contribution in [1.29, 1.82) is 0 Å². The standard InChI is InChI=1S/C23H24FN4O2S/c1-13(2)31-23-25-22(26-27-23)28-14(3)10-16-11-19(29-4)20(30-5)12-18(16)21(28)15-6-8-17(24)9-7-15/h6-13H,1-5H3,(H,25,26,27)/q+1. The highest BCUT2D eigenvalue weighted by Crippen LogP contribution is 2.36. The number of aromatic amines is 1. The first-order chi connectivity index (χ1) is 14.9. The Morgan fingerprint density at radius 1 is 1.03 bits per heavy atom. The van der Waals surface area contributed by atoms with Gasteiger partial charge >= 0.3 is 5.95 Å². The molecule has 2 aromatic heterocycles. The largest absolute Gasteiger partial charge is 0.493 e. The molecule has 6 nitrogen and oxygen atoms in total. The van der Waals surface area contributed by atoms with Crippen LogP contribution < -0.4 is 14.0 Å². The molecule has 0 aliphatic rings. The third-order valence-corrected chi connectivity index (χ3v) is 5.74. The van der Waals surface area contributed by atoms with Crippen LogP contribution in [0.4, 0.5) is 4.39 Å². The molecular formula is C23H24FN4O2S+. The number of hydrogen-bond acceptors (Lipinski definition) is 5. The molecule has 0 aliphatic heterocycles. The van der Waals surface area contributed by atoms with Crippen LogP contribution in [0.5, 0.6) is 11.5 Å². The summed E-state index contributed by atoms with van der Waals surface area (Å²) in [4.78, 5) is 4.70. The maximum Gasteiger partial charge on any atom is 0.423 e. The Bertz CT molecular complexity index is 1240. The quantitative estimate of drug-likeness (QED) is 0.343. The molecule has 0 bridgehead atoms. The minimum atomic E-state index is -0.290. The Kier molecular flexibility index (Phi) is 5.82. The molecule has 31 heavy (non-hydrogen) atoms. The zero-order valence-corrected chi connectivity index (χ0v) is 18.9. The number of benzene rings is 2. The van der Waals surface area contributed by atoms with E-state index in [1.807, 2.05) is 23.6 Å². The molecule has 0 amide bonds. The summed E-state index contributed by atoms with van der Waals surface area (Å²) in [5, 5.41) is 10.4. The molecule has 0 unspecified atom stereocenters. The van der Waals surface area contributed by atoms with Gasteiger partial charge in [0.05, 0.1) is 19.9 Å². The fourth-order valence-corrected chi connectivity index (χ4v) is 4.23. The van der Waals surface area contributed by atoms with Crippen LogP contribution in [0.2, 0.25) is 0 Å². The summed E-state index contributed by atoms with van der Waals surface area (Å²) < 4.78 is 26.7. The maximum atomic E-state index is 13.7. The van der Waals surface area contributed by atoms with Crippen molar-refractivity contribution in [3.05, 3.63) is 54.0 Å². The van der Waals surface area contributed by atoms with Crippen molar-refractivity contribution in [2.24, 2.45) is 0 Å². The van der Waals surface area contributed by atoms with Crippen LogP contribution in [-0.2, 0) is 0 Å². The highest BCUT2D eigenvalue weighted by molar-refractivity contribution is 7.99. The summed E-state index contributed by atoms with van der Waals surface area (Å²) in [5.41, 5.74) is 2.64. The predicted octanol–water partition coefficient (Wildman–Crippen LogP) is 4.87. The Hall–Kier alpha value is -3.13. The molecule has 0 radical (unpaired) electrons. The number of pyridine rings is 1. The molecule has 0 saturated carbocycles. The number of aryl methyl sites for hydroxylation is 1. The SMILES string of the molecule is COc1cc2cc(C)[n+](-c3nc(SC(C)C)n[nH]3)c(-c3ccc(F)cc3)c2cc1OC. The van der Waals surface area contributed by atoms with Crippen LogP contribution in [-0.4, -0.2) is 34.7 Å². The maximum absolute atomic E-state index is 13.7. The number of thioether (sulfide) groups is 1. The number of nitrogens with one attached hydrogen (secondary N) is 1. The lowest BCUT2D eigenvalue weighted by atomic mass is 10.0. The van der Waals surface area contributed by atoms with Crippen molar-refractivity contribution in [3.8, 4) is 28.7 Å². The fourth-order valence-electron chi connectivity index (χ4n) is 3.57. The van der Waals surface area contributed by atoms with Gasteiger partial charge in [0.25, 0.3) is 5.16 Å². The highest BCUT2D eigenvalue weighted by Gasteiger charge is 2.25. The number of H-pyrrole nitrogens is 1. The summed E-state index contributed by atoms with van der Waals surface area (Å²) in [6.07, 6.45) is 0. The fraction of sp³-hybridized carbons (Fsp3) is 0.261. The van der Waals surface area contributed by atoms with Crippen molar-refractivity contribution >= 4 is 22.5 Å². The summed E-state index contributed by atoms with van der Waals surface area (Å²) >= 11 is 1.59. The van der Waals surface area contributed by atoms with E-state index in [0.29, 0.717) is 27.9 Å². The van der Waals surface area contributed by atoms with Crippen LogP contribution in [0.3, 0.4) is 0 Å². The lowest BCUT2D eigenvalue weighted by Crippen LogP contribution is -2.38. The molecule has 0 atom stereocenters. The lowest BCUT2D eigenvalue weighted by molar-refractivity contribution is -0.597. The zero-order valence-electron chi connectivity index (χ0n) is 18.1. The Labute approximate surface area is 184 Å². The topological polar surface area (TPSA) is 63.9 Å². The average Bonchev–Trinajstić information content (AvgIpc) is 3.19. The van der Waals surface area contributed by atoms with E-state index in [-0.39, 0.29) is 5.82 Å². The molecule has 2 aromatic carbocycles. The monoisotopic (exact) mass is 439 g/mol. The molecule has 1 N–H and O–H groups in total. The smallest absolute Gasteiger partial charge is 0.423 e. The Morgan fingerprint density at radius 3 is 2.35 bits per heavy atom. The van der Waals surface area contributed by atoms with E-state index < -0.39 is 0 Å². The number of hydrogen-bond donors (Lipinski definition) is 1. The third kappa shape index (κ3) is 4.07. The van der Waals surface area contributed by atoms with Crippen LogP contribution in [0.25, 0.3) is 28.0 Å². The zero-order chi connectivity index (χ0) is 22.1. The number of fused-ring (bicyclic) bond motifs is 1. The van der Waals surface area contributed by atoms with Gasteiger partial charge in [0.2, 0.25) is 0 Å². The molecule has 2 heterocycles. The van der Waals surface area contributed by atoms with Crippen LogP contribution >= 0.6 is 11.8 Å². The van der Waals surface area contributed by atoms with Gasteiger partial charge in [-0.2, -0.15) is 4.57 Å². The average molecular weight is 440 g/mol. The first-order valence-electron chi connectivity index (χ1n) is 9.88. The highest BCUT2D eigenvalue weighted by atomic mass is 32.2. The van der Waals surface area contributed by atoms with E-state index in [1.165, 1.54) is 12.1 Å². The summed E-state index contributed by atoms with van der Waals surface area (Å²) in [7, 11) is 3.22. The van der Waals surface area contributed by atoms with E-state index in [0.717, 1.165) is 27.7 Å². The molecule has 0 saturated heterocycles. The first-order valence-corrected chi connectivity index (χ1v) is 10.8. The van der Waals surface area contributed by atoms with Gasteiger partial charge in [-0.15, -0.1) is 5.10 Å². The number of ether oxygens (including phenoxy) is 2. The second kappa shape index (κ2) is 8.55. The number of aromatic nitrogens is 4. The van der Waals surface area contributed by atoms with E-state index in [1.54, 1.807) is 38.1 Å². The molecular weight excluding hydrogens is 415 g/mol. The van der Waals surface area contributed by atoms with Crippen molar-refractivity contribution in [3.63, 3.8) is 0 Å². The summed E-state index contributed by atoms with van der Waals surface area (Å²) in [6.45, 7) is 6.19. The lowest BCUT2D eigenvalue weighted by Gasteiger charge is -2.15. The molecule has 160 valence electrons. The number of nitrogens with zero attached hydrogens (tertiary/aromatic N) is 3. The van der Waals surface area contributed by atoms with Crippen LogP contribution in [0.1, 0.15) is 19.5 Å². The van der Waals surface area contributed by atoms with Crippen molar-refractivity contribution in [2.75, 3.05) is 14.2 Å². The molecule has 8 heteroatoms. The molecule has 4 rings (SSSR count). The second-order valence-corrected chi connectivity index (χ2v) is 8.92. The van der Waals surface area contributed by atoms with Gasteiger partial charge < -0.3 is 9.47 Å². The van der Waals surface area contributed by atoms with E-state index in [2.05, 4.69) is 30.1 Å². The molecule has 4 aromatic rings. The van der Waals surface area contributed by atoms with Gasteiger partial charge in [0.1, 0.15) is 11.5 Å². The Balaban J connectivity index is 2.04. The van der Waals surface area contributed by atoms with E-state index >= 15 is 0 Å². The van der Waals surface area contributed by atoms with Gasteiger partial charge in [0, 0.05) is 16.2 Å². The van der Waals surface area contributed by atoms with Crippen molar-refractivity contribution in [1.82, 2.24) is 15.2 Å². The number of methoxy groups -OCH3 is 2. The van der Waals surface area contributed by atoms with E-state index in [9.17, 15) is 4.39 Å². The van der Waals surface area contributed by atoms with Gasteiger partial charge in [0.15, 0.2) is 11.5 Å². The summed E-state index contributed by atoms with van der Waals surface area (Å²) in [6, 6.07) is 12.4. The molecule has 0 fully saturated rings. The minimum Gasteiger partial charge on any atom is -0.493 e. The third-order valence-electron chi connectivity index (χ3n) is 4.88. The van der Waals surface area contributed by atoms with Crippen LogP contribution in [0.15, 0.2) is 47.6 Å². The predicted molar refractivity (Wildman–Crippen MR) is 120 cm³/mol. The molecule has 0 spiro atoms. The summed E-state index contributed by atoms with van der Waals surface area (Å²) in [5.74, 6) is 1.56. The van der Waals surface area contributed by atoms with Gasteiger partial charge in [-0.05, 0) is 59.8 Å². The van der Waals surface area contributed by atoms with Gasteiger partial charge in [-0.1, -0.05) is 30.7 Å². The second-order valence-electron chi connectivity index (χ2n) is 7.38. The number of halogens is 1. The van der Waals surface area contributed by atoms with Crippen molar-refractivity contribution in [2.45, 2.75) is 31.2 Å². The first kappa shape index (κ1) is 21.1. The van der Waals surface area contributed by atoms with Gasteiger partial charge in [-0.3, -0.25) is 0 Å². The van der Waals surface area contributed by atoms with Crippen molar-refractivity contribution < 1.29 is 18.4 Å². The number of rotatable bonds is 6. The normalized spacial score (nSPS) is 11.3. The molecule has 0 aliphatic carbocycles. The van der Waals surface area contributed by atoms with E-state index in [4.69, 9.17) is 14.5 Å². The van der Waals surface area contributed by atoms with Gasteiger partial charge in [-0.25, -0.2) is 4.39 Å². The van der Waals surface area contributed by atoms with Crippen LogP contribution in [0, 0.1) is 12.7 Å². The minimum absolute atomic E-state index is 0.290. The Morgan fingerprint density at radius 2 is 1.71 bits per heavy atom.